The number of esters is 1. The van der Waals surface area contributed by atoms with Gasteiger partial charge in [0.05, 0.1) is 0 Å². The fourth-order valence-electron chi connectivity index (χ4n) is 1.29. The van der Waals surface area contributed by atoms with Crippen LogP contribution >= 0.6 is 0 Å². The molecule has 0 heterocycles. The molecule has 0 bridgehead atoms. The van der Waals surface area contributed by atoms with Gasteiger partial charge in [-0.05, 0) is 26.3 Å². The van der Waals surface area contributed by atoms with Crippen LogP contribution < -0.4 is 0 Å². The molecule has 0 saturated carbocycles. The summed E-state index contributed by atoms with van der Waals surface area (Å²) in [5, 5.41) is 8.46. The van der Waals surface area contributed by atoms with Gasteiger partial charge in [0.25, 0.3) is 0 Å². The standard InChI is InChI=1S/C12H14O4/c1-8-4-6-9(7-5-8)12(2,3)16-11(15)10(13)14/h4-7H,1-3H3,(H,13,14). The number of carboxylic acid groups (broad SMARTS) is 1. The molecule has 0 fully saturated rings. The maximum Gasteiger partial charge on any atom is 0.418 e. The summed E-state index contributed by atoms with van der Waals surface area (Å²) in [7, 11) is 0. The summed E-state index contributed by atoms with van der Waals surface area (Å²) < 4.78 is 4.89. The van der Waals surface area contributed by atoms with Crippen molar-refractivity contribution in [2.75, 3.05) is 0 Å². The highest BCUT2D eigenvalue weighted by Crippen LogP contribution is 2.24. The van der Waals surface area contributed by atoms with Crippen molar-refractivity contribution in [3.05, 3.63) is 35.4 Å². The van der Waals surface area contributed by atoms with E-state index in [1.54, 1.807) is 13.8 Å². The number of benzene rings is 1. The largest absolute Gasteiger partial charge is 0.473 e. The lowest BCUT2D eigenvalue weighted by atomic mass is 9.97. The molecule has 0 radical (unpaired) electrons. The van der Waals surface area contributed by atoms with Crippen LogP contribution in [0.15, 0.2) is 24.3 Å². The zero-order valence-electron chi connectivity index (χ0n) is 9.48. The first kappa shape index (κ1) is 12.2. The minimum atomic E-state index is -1.58. The van der Waals surface area contributed by atoms with Crippen LogP contribution in [0.5, 0.6) is 0 Å². The third kappa shape index (κ3) is 2.82. The number of carbonyl (C=O) groups excluding carboxylic acids is 1. The van der Waals surface area contributed by atoms with Gasteiger partial charge in [-0.15, -0.1) is 0 Å². The maximum atomic E-state index is 11.0. The second-order valence-electron chi connectivity index (χ2n) is 4.07. The van der Waals surface area contributed by atoms with E-state index in [0.717, 1.165) is 11.1 Å². The number of rotatable bonds is 2. The summed E-state index contributed by atoms with van der Waals surface area (Å²) >= 11 is 0. The van der Waals surface area contributed by atoms with Gasteiger partial charge in [0.2, 0.25) is 0 Å². The van der Waals surface area contributed by atoms with Crippen molar-refractivity contribution in [2.45, 2.75) is 26.4 Å². The van der Waals surface area contributed by atoms with Crippen molar-refractivity contribution >= 4 is 11.9 Å². The first-order valence-electron chi connectivity index (χ1n) is 4.86. The normalized spacial score (nSPS) is 10.9. The smallest absolute Gasteiger partial charge is 0.418 e. The fourth-order valence-corrected chi connectivity index (χ4v) is 1.29. The van der Waals surface area contributed by atoms with Crippen molar-refractivity contribution < 1.29 is 19.4 Å². The monoisotopic (exact) mass is 222 g/mol. The average Bonchev–Trinajstić information content (AvgIpc) is 2.17. The molecular formula is C12H14O4. The zero-order chi connectivity index (χ0) is 12.3. The van der Waals surface area contributed by atoms with Crippen molar-refractivity contribution in [1.82, 2.24) is 0 Å². The Hall–Kier alpha value is -1.84. The molecule has 1 rings (SSSR count). The molecule has 86 valence electrons. The average molecular weight is 222 g/mol. The van der Waals surface area contributed by atoms with E-state index in [0.29, 0.717) is 0 Å². The molecule has 0 atom stereocenters. The van der Waals surface area contributed by atoms with E-state index < -0.39 is 17.5 Å². The Labute approximate surface area is 93.9 Å². The van der Waals surface area contributed by atoms with Crippen LogP contribution in [0.2, 0.25) is 0 Å². The molecule has 0 unspecified atom stereocenters. The van der Waals surface area contributed by atoms with E-state index in [1.807, 2.05) is 31.2 Å². The number of carboxylic acids is 1. The highest BCUT2D eigenvalue weighted by atomic mass is 16.6. The van der Waals surface area contributed by atoms with Crippen molar-refractivity contribution in [1.29, 1.82) is 0 Å². The number of hydrogen-bond acceptors (Lipinski definition) is 3. The third-order valence-electron chi connectivity index (χ3n) is 2.27. The molecule has 0 aliphatic rings. The molecule has 1 N–H and O–H groups in total. The van der Waals surface area contributed by atoms with Gasteiger partial charge in [0, 0.05) is 0 Å². The third-order valence-corrected chi connectivity index (χ3v) is 2.27. The summed E-state index contributed by atoms with van der Waals surface area (Å²) in [4.78, 5) is 21.4. The molecule has 1 aromatic rings. The zero-order valence-corrected chi connectivity index (χ0v) is 9.48. The second kappa shape index (κ2) is 4.35. The minimum Gasteiger partial charge on any atom is -0.473 e. The molecule has 0 aromatic heterocycles. The lowest BCUT2D eigenvalue weighted by Gasteiger charge is -2.24. The summed E-state index contributed by atoms with van der Waals surface area (Å²) in [5.41, 5.74) is 0.903. The fraction of sp³-hybridized carbons (Fsp3) is 0.333. The number of hydrogen-bond donors (Lipinski definition) is 1. The van der Waals surface area contributed by atoms with Crippen molar-refractivity contribution in [3.63, 3.8) is 0 Å². The topological polar surface area (TPSA) is 63.6 Å². The lowest BCUT2D eigenvalue weighted by Crippen LogP contribution is -2.29. The Morgan fingerprint density at radius 3 is 2.12 bits per heavy atom. The number of carbonyl (C=O) groups is 2. The van der Waals surface area contributed by atoms with Crippen LogP contribution in [0.1, 0.15) is 25.0 Å². The van der Waals surface area contributed by atoms with Gasteiger partial charge in [0.15, 0.2) is 0 Å². The van der Waals surface area contributed by atoms with Gasteiger partial charge < -0.3 is 9.84 Å². The van der Waals surface area contributed by atoms with Crippen LogP contribution in [-0.2, 0) is 19.9 Å². The minimum absolute atomic E-state index is 0.757. The van der Waals surface area contributed by atoms with Gasteiger partial charge in [-0.25, -0.2) is 9.59 Å². The maximum absolute atomic E-state index is 11.0. The summed E-state index contributed by atoms with van der Waals surface area (Å²) in [6.07, 6.45) is 0. The SMILES string of the molecule is Cc1ccc(C(C)(C)OC(=O)C(=O)O)cc1. The first-order chi connectivity index (χ1) is 7.33. The van der Waals surface area contributed by atoms with Gasteiger partial charge in [-0.1, -0.05) is 29.8 Å². The van der Waals surface area contributed by atoms with Crippen LogP contribution in [-0.4, -0.2) is 17.0 Å². The molecular weight excluding hydrogens is 208 g/mol. The van der Waals surface area contributed by atoms with E-state index in [2.05, 4.69) is 0 Å². The van der Waals surface area contributed by atoms with E-state index in [9.17, 15) is 9.59 Å². The molecule has 0 saturated heterocycles. The molecule has 0 amide bonds. The second-order valence-corrected chi connectivity index (χ2v) is 4.07. The van der Waals surface area contributed by atoms with Crippen LogP contribution in [0.4, 0.5) is 0 Å². The summed E-state index contributed by atoms with van der Waals surface area (Å²) in [6.45, 7) is 5.25. The Morgan fingerprint density at radius 1 is 1.19 bits per heavy atom. The molecule has 4 nitrogen and oxygen atoms in total. The Balaban J connectivity index is 2.89. The highest BCUT2D eigenvalue weighted by molar-refractivity contribution is 6.28. The Morgan fingerprint density at radius 2 is 1.69 bits per heavy atom. The van der Waals surface area contributed by atoms with Crippen LogP contribution in [0, 0.1) is 6.92 Å². The lowest BCUT2D eigenvalue weighted by molar-refractivity contribution is -0.173. The number of ether oxygens (including phenoxy) is 1. The molecule has 0 spiro atoms. The van der Waals surface area contributed by atoms with Crippen molar-refractivity contribution in [3.8, 4) is 0 Å². The van der Waals surface area contributed by atoms with E-state index in [-0.39, 0.29) is 0 Å². The predicted molar refractivity (Wildman–Crippen MR) is 57.9 cm³/mol. The number of aliphatic carboxylic acids is 1. The van der Waals surface area contributed by atoms with E-state index in [4.69, 9.17) is 9.84 Å². The summed E-state index contributed by atoms with van der Waals surface area (Å²) in [5.74, 6) is -2.83. The molecule has 0 aliphatic carbocycles. The Kier molecular flexibility index (Phi) is 3.32. The number of aryl methyl sites for hydroxylation is 1. The molecule has 16 heavy (non-hydrogen) atoms. The highest BCUT2D eigenvalue weighted by Gasteiger charge is 2.28. The molecule has 0 aliphatic heterocycles. The van der Waals surface area contributed by atoms with Gasteiger partial charge in [0.1, 0.15) is 5.60 Å². The van der Waals surface area contributed by atoms with E-state index >= 15 is 0 Å². The quantitative estimate of drug-likeness (QED) is 0.612. The summed E-state index contributed by atoms with van der Waals surface area (Å²) in [6, 6.07) is 7.38. The van der Waals surface area contributed by atoms with E-state index in [1.165, 1.54) is 0 Å². The Bertz CT molecular complexity index is 404. The van der Waals surface area contributed by atoms with Gasteiger partial charge in [-0.3, -0.25) is 0 Å². The van der Waals surface area contributed by atoms with Gasteiger partial charge >= 0.3 is 11.9 Å². The van der Waals surface area contributed by atoms with Gasteiger partial charge in [-0.2, -0.15) is 0 Å². The van der Waals surface area contributed by atoms with Crippen molar-refractivity contribution in [2.24, 2.45) is 0 Å². The van der Waals surface area contributed by atoms with Crippen LogP contribution in [0.25, 0.3) is 0 Å². The molecule has 4 heteroatoms. The first-order valence-corrected chi connectivity index (χ1v) is 4.86. The molecule has 1 aromatic carbocycles. The predicted octanol–water partition coefficient (Wildman–Crippen LogP) is 1.86. The van der Waals surface area contributed by atoms with Crippen LogP contribution in [0.3, 0.4) is 0 Å².